The van der Waals surface area contributed by atoms with Crippen LogP contribution >= 0.6 is 35.0 Å². The summed E-state index contributed by atoms with van der Waals surface area (Å²) >= 11 is 14.2. The van der Waals surface area contributed by atoms with Gasteiger partial charge in [0.25, 0.3) is 10.0 Å². The third-order valence-electron chi connectivity index (χ3n) is 6.17. The number of sulfonamides is 1. The van der Waals surface area contributed by atoms with Crippen LogP contribution in [0.4, 0.5) is 5.69 Å². The third-order valence-corrected chi connectivity index (χ3v) is 9.41. The molecule has 214 valence electrons. The molecule has 3 aromatic carbocycles. The second-order valence-electron chi connectivity index (χ2n) is 8.63. The number of halogens is 2. The van der Waals surface area contributed by atoms with Crippen molar-refractivity contribution in [3.05, 3.63) is 82.3 Å². The number of nitrogens with one attached hydrogen (secondary N) is 1. The van der Waals surface area contributed by atoms with Crippen LogP contribution in [0.1, 0.15) is 19.4 Å². The molecule has 0 aromatic heterocycles. The summed E-state index contributed by atoms with van der Waals surface area (Å²) in [5, 5.41) is 3.18. The zero-order valence-corrected chi connectivity index (χ0v) is 25.7. The maximum Gasteiger partial charge on any atom is 0.264 e. The van der Waals surface area contributed by atoms with Gasteiger partial charge in [0.1, 0.15) is 18.3 Å². The smallest absolute Gasteiger partial charge is 0.264 e. The molecule has 40 heavy (non-hydrogen) atoms. The Bertz CT molecular complexity index is 1420. The van der Waals surface area contributed by atoms with Gasteiger partial charge >= 0.3 is 0 Å². The predicted molar refractivity (Wildman–Crippen MR) is 161 cm³/mol. The number of thioether (sulfide) groups is 1. The van der Waals surface area contributed by atoms with Crippen LogP contribution < -0.4 is 14.4 Å². The van der Waals surface area contributed by atoms with E-state index in [1.54, 1.807) is 61.5 Å². The number of carbonyl (C=O) groups is 2. The molecule has 0 fully saturated rings. The van der Waals surface area contributed by atoms with Gasteiger partial charge in [-0.1, -0.05) is 29.3 Å². The average Bonchev–Trinajstić information content (AvgIpc) is 2.95. The fourth-order valence-corrected chi connectivity index (χ4v) is 6.26. The summed E-state index contributed by atoms with van der Waals surface area (Å²) in [6.45, 7) is 3.15. The van der Waals surface area contributed by atoms with Crippen molar-refractivity contribution in [3.63, 3.8) is 0 Å². The first-order valence-corrected chi connectivity index (χ1v) is 15.8. The van der Waals surface area contributed by atoms with Crippen LogP contribution in [0, 0.1) is 0 Å². The van der Waals surface area contributed by atoms with E-state index < -0.39 is 34.4 Å². The lowest BCUT2D eigenvalue weighted by atomic mass is 10.1. The molecule has 8 nitrogen and oxygen atoms in total. The van der Waals surface area contributed by atoms with Crippen LogP contribution in [0.2, 0.25) is 10.0 Å². The average molecular weight is 625 g/mol. The van der Waals surface area contributed by atoms with Gasteiger partial charge < -0.3 is 15.0 Å². The second kappa shape index (κ2) is 14.1. The molecule has 0 spiro atoms. The first kappa shape index (κ1) is 31.6. The third kappa shape index (κ3) is 7.42. The van der Waals surface area contributed by atoms with E-state index in [4.69, 9.17) is 27.9 Å². The first-order chi connectivity index (χ1) is 19.0. The Morgan fingerprint density at radius 3 is 2.12 bits per heavy atom. The lowest BCUT2D eigenvalue weighted by Gasteiger charge is -2.32. The molecule has 0 heterocycles. The Balaban J connectivity index is 2.07. The predicted octanol–water partition coefficient (Wildman–Crippen LogP) is 5.47. The number of hydrogen-bond donors (Lipinski definition) is 1. The van der Waals surface area contributed by atoms with Crippen molar-refractivity contribution in [2.45, 2.75) is 36.2 Å². The molecule has 1 atom stereocenters. The lowest BCUT2D eigenvalue weighted by molar-refractivity contribution is -0.139. The number of amides is 2. The highest BCUT2D eigenvalue weighted by atomic mass is 35.5. The van der Waals surface area contributed by atoms with Crippen LogP contribution in [0.3, 0.4) is 0 Å². The monoisotopic (exact) mass is 623 g/mol. The largest absolute Gasteiger partial charge is 0.494 e. The van der Waals surface area contributed by atoms with E-state index in [1.807, 2.05) is 13.2 Å². The van der Waals surface area contributed by atoms with Crippen molar-refractivity contribution < 1.29 is 22.7 Å². The molecule has 0 bridgehead atoms. The van der Waals surface area contributed by atoms with Gasteiger partial charge in [0, 0.05) is 34.1 Å². The molecular formula is C28H31Cl2N3O5S2. The SMILES string of the molecule is CCOc1ccc(N(CC(=O)N(Cc2c(Cl)cccc2Cl)[C@H](C)C(=O)NC)S(=O)(=O)c2ccc(SC)cc2)cc1. The van der Waals surface area contributed by atoms with E-state index in [-0.39, 0.29) is 17.1 Å². The van der Waals surface area contributed by atoms with E-state index in [2.05, 4.69) is 5.32 Å². The van der Waals surface area contributed by atoms with E-state index in [9.17, 15) is 18.0 Å². The molecule has 0 saturated heterocycles. The molecule has 0 unspecified atom stereocenters. The number of benzene rings is 3. The number of anilines is 1. The van der Waals surface area contributed by atoms with Crippen LogP contribution in [-0.4, -0.2) is 57.6 Å². The van der Waals surface area contributed by atoms with Gasteiger partial charge in [0.15, 0.2) is 0 Å². The lowest BCUT2D eigenvalue weighted by Crippen LogP contribution is -2.50. The van der Waals surface area contributed by atoms with E-state index in [0.29, 0.717) is 28.0 Å². The normalized spacial score (nSPS) is 11.9. The first-order valence-electron chi connectivity index (χ1n) is 12.4. The molecular weight excluding hydrogens is 593 g/mol. The molecule has 3 aromatic rings. The Kier molecular flexibility index (Phi) is 11.2. The number of ether oxygens (including phenoxy) is 1. The van der Waals surface area contributed by atoms with Crippen molar-refractivity contribution in [1.29, 1.82) is 0 Å². The standard InChI is InChI=1S/C28H31Cl2N3O5S2/c1-5-38-21-11-9-20(10-12-21)33(40(36,37)23-15-13-22(39-4)14-16-23)18-27(34)32(19(2)28(35)31-3)17-24-25(29)7-6-8-26(24)30/h6-16,19H,5,17-18H2,1-4H3,(H,31,35)/t19-/m1/s1. The Hall–Kier alpha value is -2.92. The van der Waals surface area contributed by atoms with E-state index >= 15 is 0 Å². The minimum absolute atomic E-state index is 0.0204. The summed E-state index contributed by atoms with van der Waals surface area (Å²) in [4.78, 5) is 28.7. The molecule has 1 N–H and O–H groups in total. The second-order valence-corrected chi connectivity index (χ2v) is 12.2. The van der Waals surface area contributed by atoms with Gasteiger partial charge in [0.05, 0.1) is 17.2 Å². The topological polar surface area (TPSA) is 96.0 Å². The van der Waals surface area contributed by atoms with Crippen LogP contribution in [0.25, 0.3) is 0 Å². The van der Waals surface area contributed by atoms with Crippen molar-refractivity contribution in [2.24, 2.45) is 0 Å². The Labute approximate surface area is 249 Å². The number of likely N-dealkylation sites (N-methyl/N-ethyl adjacent to an activating group) is 1. The quantitative estimate of drug-likeness (QED) is 0.269. The Morgan fingerprint density at radius 2 is 1.60 bits per heavy atom. The van der Waals surface area contributed by atoms with Gasteiger partial charge in [-0.15, -0.1) is 11.8 Å². The molecule has 12 heteroatoms. The van der Waals surface area contributed by atoms with Crippen LogP contribution in [-0.2, 0) is 26.2 Å². The van der Waals surface area contributed by atoms with Crippen molar-refractivity contribution in [1.82, 2.24) is 10.2 Å². The fraction of sp³-hybridized carbons (Fsp3) is 0.286. The molecule has 2 amide bonds. The number of rotatable bonds is 12. The van der Waals surface area contributed by atoms with Gasteiger partial charge in [-0.2, -0.15) is 0 Å². The van der Waals surface area contributed by atoms with Gasteiger partial charge in [-0.05, 0) is 80.8 Å². The van der Waals surface area contributed by atoms with Crippen LogP contribution in [0.5, 0.6) is 5.75 Å². The van der Waals surface area contributed by atoms with Crippen LogP contribution in [0.15, 0.2) is 76.5 Å². The summed E-state index contributed by atoms with van der Waals surface area (Å²) in [5.41, 5.74) is 0.701. The van der Waals surface area contributed by atoms with Crippen molar-refractivity contribution >= 4 is 62.5 Å². The van der Waals surface area contributed by atoms with Gasteiger partial charge in [-0.25, -0.2) is 8.42 Å². The summed E-state index contributed by atoms with van der Waals surface area (Å²) in [6, 6.07) is 16.8. The van der Waals surface area contributed by atoms with Crippen molar-refractivity contribution in [2.75, 3.05) is 30.8 Å². The van der Waals surface area contributed by atoms with E-state index in [0.717, 1.165) is 9.20 Å². The molecule has 3 rings (SSSR count). The maximum absolute atomic E-state index is 13.9. The summed E-state index contributed by atoms with van der Waals surface area (Å²) < 4.78 is 34.4. The Morgan fingerprint density at radius 1 is 1.00 bits per heavy atom. The highest BCUT2D eigenvalue weighted by Crippen LogP contribution is 2.29. The van der Waals surface area contributed by atoms with Gasteiger partial charge in [-0.3, -0.25) is 13.9 Å². The molecule has 0 aliphatic heterocycles. The summed E-state index contributed by atoms with van der Waals surface area (Å²) in [5.74, 6) is -0.493. The zero-order chi connectivity index (χ0) is 29.4. The van der Waals surface area contributed by atoms with Crippen molar-refractivity contribution in [3.8, 4) is 5.75 Å². The minimum atomic E-state index is -4.19. The molecule has 0 aliphatic rings. The van der Waals surface area contributed by atoms with Gasteiger partial charge in [0.2, 0.25) is 11.8 Å². The number of carbonyl (C=O) groups excluding carboxylic acids is 2. The summed E-state index contributed by atoms with van der Waals surface area (Å²) in [7, 11) is -2.73. The minimum Gasteiger partial charge on any atom is -0.494 e. The fourth-order valence-electron chi connectivity index (χ4n) is 3.92. The molecule has 0 aliphatic carbocycles. The van der Waals surface area contributed by atoms with E-state index in [1.165, 1.54) is 35.8 Å². The summed E-state index contributed by atoms with van der Waals surface area (Å²) in [6.07, 6.45) is 1.89. The molecule has 0 saturated carbocycles. The highest BCUT2D eigenvalue weighted by molar-refractivity contribution is 7.98. The number of nitrogens with zero attached hydrogens (tertiary/aromatic N) is 2. The number of hydrogen-bond acceptors (Lipinski definition) is 6. The zero-order valence-electron chi connectivity index (χ0n) is 22.6. The highest BCUT2D eigenvalue weighted by Gasteiger charge is 2.33. The molecule has 0 radical (unpaired) electrons. The maximum atomic E-state index is 13.9.